The molecule has 2 aromatic heterocycles. The molecule has 0 aliphatic rings. The molecule has 3 rings (SSSR count). The number of ether oxygens (including phenoxy) is 1. The molecule has 2 heterocycles. The zero-order chi connectivity index (χ0) is 21.0. The molecule has 0 radical (unpaired) electrons. The number of thiocarbonyl (C=S) groups is 1. The van der Waals surface area contributed by atoms with Gasteiger partial charge in [-0.05, 0) is 64.8 Å². The maximum atomic E-state index is 12.3. The number of esters is 1. The summed E-state index contributed by atoms with van der Waals surface area (Å²) in [4.78, 5) is 13.3. The van der Waals surface area contributed by atoms with E-state index in [9.17, 15) is 4.79 Å². The minimum absolute atomic E-state index is 0.358. The van der Waals surface area contributed by atoms with E-state index in [-0.39, 0.29) is 5.97 Å². The fourth-order valence-electron chi connectivity index (χ4n) is 3.04. The highest BCUT2D eigenvalue weighted by Crippen LogP contribution is 2.34. The Morgan fingerprint density at radius 1 is 1.38 bits per heavy atom. The maximum Gasteiger partial charge on any atom is 0.341 e. The molecular formula is C20H21BrN4O2S2. The first-order valence-electron chi connectivity index (χ1n) is 8.96. The van der Waals surface area contributed by atoms with E-state index in [0.717, 1.165) is 32.6 Å². The fraction of sp³-hybridized carbons (Fsp3) is 0.250. The van der Waals surface area contributed by atoms with Crippen LogP contribution in [0.15, 0.2) is 41.1 Å². The third-order valence-corrected chi connectivity index (χ3v) is 5.99. The maximum absolute atomic E-state index is 12.3. The lowest BCUT2D eigenvalue weighted by atomic mass is 10.1. The van der Waals surface area contributed by atoms with Gasteiger partial charge >= 0.3 is 5.97 Å². The van der Waals surface area contributed by atoms with E-state index in [1.807, 2.05) is 49.0 Å². The highest BCUT2D eigenvalue weighted by atomic mass is 79.9. The molecule has 0 saturated carbocycles. The molecule has 0 aliphatic carbocycles. The topological polar surface area (TPSA) is 68.2 Å². The Labute approximate surface area is 187 Å². The van der Waals surface area contributed by atoms with Gasteiger partial charge in [0.25, 0.3) is 0 Å². The van der Waals surface area contributed by atoms with Gasteiger partial charge in [-0.25, -0.2) is 4.79 Å². The smallest absolute Gasteiger partial charge is 0.341 e. The zero-order valence-electron chi connectivity index (χ0n) is 16.3. The van der Waals surface area contributed by atoms with Crippen molar-refractivity contribution in [2.75, 3.05) is 17.7 Å². The molecule has 0 unspecified atom stereocenters. The fourth-order valence-corrected chi connectivity index (χ4v) is 4.79. The van der Waals surface area contributed by atoms with Crippen LogP contribution < -0.4 is 10.6 Å². The molecule has 1 aromatic carbocycles. The molecular weight excluding hydrogens is 472 g/mol. The summed E-state index contributed by atoms with van der Waals surface area (Å²) in [6, 6.07) is 7.95. The molecule has 0 bridgehead atoms. The van der Waals surface area contributed by atoms with Gasteiger partial charge in [0.2, 0.25) is 0 Å². The standard InChI is InChI=1S/C20H21BrN4O2S2/c1-4-16-12(2)29-18(17(16)19(26)27-3)24-20(28)23-15-7-5-6-13(8-15)10-25-11-14(21)9-22-25/h5-9,11H,4,10H2,1-3H3,(H2,23,24,28). The van der Waals surface area contributed by atoms with Crippen LogP contribution in [0.1, 0.15) is 33.3 Å². The normalized spacial score (nSPS) is 10.6. The van der Waals surface area contributed by atoms with Gasteiger partial charge < -0.3 is 15.4 Å². The van der Waals surface area contributed by atoms with Crippen molar-refractivity contribution in [2.24, 2.45) is 0 Å². The Balaban J connectivity index is 1.73. The van der Waals surface area contributed by atoms with Crippen LogP contribution in [-0.4, -0.2) is 28.0 Å². The molecule has 0 spiro atoms. The molecule has 6 nitrogen and oxygen atoms in total. The highest BCUT2D eigenvalue weighted by Gasteiger charge is 2.22. The second-order valence-electron chi connectivity index (χ2n) is 6.32. The number of hydrogen-bond donors (Lipinski definition) is 2. The second kappa shape index (κ2) is 9.51. The van der Waals surface area contributed by atoms with Crippen LogP contribution in [0, 0.1) is 6.92 Å². The Kier molecular flexibility index (Phi) is 7.05. The number of nitrogens with one attached hydrogen (secondary N) is 2. The van der Waals surface area contributed by atoms with Crippen LogP contribution in [0.5, 0.6) is 0 Å². The van der Waals surface area contributed by atoms with Crippen molar-refractivity contribution < 1.29 is 9.53 Å². The SMILES string of the molecule is CCc1c(C)sc(NC(=S)Nc2cccc(Cn3cc(Br)cn3)c2)c1C(=O)OC. The van der Waals surface area contributed by atoms with Crippen molar-refractivity contribution in [1.82, 2.24) is 9.78 Å². The van der Waals surface area contributed by atoms with Crippen LogP contribution in [0.25, 0.3) is 0 Å². The van der Waals surface area contributed by atoms with E-state index >= 15 is 0 Å². The molecule has 0 saturated heterocycles. The van der Waals surface area contributed by atoms with Gasteiger partial charge in [-0.15, -0.1) is 11.3 Å². The molecule has 0 amide bonds. The number of methoxy groups -OCH3 is 1. The second-order valence-corrected chi connectivity index (χ2v) is 8.87. The minimum Gasteiger partial charge on any atom is -0.465 e. The van der Waals surface area contributed by atoms with E-state index in [4.69, 9.17) is 17.0 Å². The summed E-state index contributed by atoms with van der Waals surface area (Å²) < 4.78 is 7.75. The molecule has 0 fully saturated rings. The molecule has 0 atom stereocenters. The monoisotopic (exact) mass is 492 g/mol. The number of carbonyl (C=O) groups excluding carboxylic acids is 1. The van der Waals surface area contributed by atoms with E-state index in [1.165, 1.54) is 18.4 Å². The van der Waals surface area contributed by atoms with Crippen molar-refractivity contribution in [3.63, 3.8) is 0 Å². The number of benzene rings is 1. The van der Waals surface area contributed by atoms with Crippen LogP contribution >= 0.6 is 39.5 Å². The predicted molar refractivity (Wildman–Crippen MR) is 125 cm³/mol. The summed E-state index contributed by atoms with van der Waals surface area (Å²) in [5.41, 5.74) is 3.48. The average molecular weight is 493 g/mol. The third kappa shape index (κ3) is 5.23. The van der Waals surface area contributed by atoms with Gasteiger partial charge in [0.1, 0.15) is 5.00 Å². The number of carbonyl (C=O) groups is 1. The van der Waals surface area contributed by atoms with Crippen molar-refractivity contribution in [2.45, 2.75) is 26.8 Å². The lowest BCUT2D eigenvalue weighted by molar-refractivity contribution is 0.0601. The Morgan fingerprint density at radius 2 is 2.17 bits per heavy atom. The third-order valence-electron chi connectivity index (χ3n) is 4.31. The van der Waals surface area contributed by atoms with Gasteiger partial charge in [0, 0.05) is 16.8 Å². The highest BCUT2D eigenvalue weighted by molar-refractivity contribution is 9.10. The number of rotatable bonds is 6. The zero-order valence-corrected chi connectivity index (χ0v) is 19.5. The summed E-state index contributed by atoms with van der Waals surface area (Å²) >= 11 is 10.4. The lowest BCUT2D eigenvalue weighted by Crippen LogP contribution is -2.20. The van der Waals surface area contributed by atoms with Gasteiger partial charge in [0.15, 0.2) is 5.11 Å². The molecule has 152 valence electrons. The van der Waals surface area contributed by atoms with Crippen LogP contribution in [0.3, 0.4) is 0 Å². The molecule has 3 aromatic rings. The van der Waals surface area contributed by atoms with E-state index in [2.05, 4.69) is 31.7 Å². The van der Waals surface area contributed by atoms with Crippen LogP contribution in [0.2, 0.25) is 0 Å². The van der Waals surface area contributed by atoms with Gasteiger partial charge in [-0.3, -0.25) is 4.68 Å². The summed E-state index contributed by atoms with van der Waals surface area (Å²) in [7, 11) is 1.39. The van der Waals surface area contributed by atoms with Crippen LogP contribution in [0.4, 0.5) is 10.7 Å². The Bertz CT molecular complexity index is 1050. The Hall–Kier alpha value is -2.23. The average Bonchev–Trinajstić information content (AvgIpc) is 3.23. The van der Waals surface area contributed by atoms with Gasteiger partial charge in [-0.2, -0.15) is 5.10 Å². The first-order chi connectivity index (χ1) is 13.9. The number of aromatic nitrogens is 2. The lowest BCUT2D eigenvalue weighted by Gasteiger charge is -2.12. The predicted octanol–water partition coefficient (Wildman–Crippen LogP) is 5.22. The van der Waals surface area contributed by atoms with Gasteiger partial charge in [-0.1, -0.05) is 19.1 Å². The minimum atomic E-state index is -0.358. The number of nitrogens with zero attached hydrogens (tertiary/aromatic N) is 2. The molecule has 9 heteroatoms. The summed E-state index contributed by atoms with van der Waals surface area (Å²) in [5, 5.41) is 11.7. The van der Waals surface area contributed by atoms with Crippen molar-refractivity contribution in [3.8, 4) is 0 Å². The first-order valence-corrected chi connectivity index (χ1v) is 11.0. The molecule has 0 aliphatic heterocycles. The Morgan fingerprint density at radius 3 is 2.83 bits per heavy atom. The molecule has 2 N–H and O–H groups in total. The molecule has 29 heavy (non-hydrogen) atoms. The van der Waals surface area contributed by atoms with E-state index in [0.29, 0.717) is 22.2 Å². The largest absolute Gasteiger partial charge is 0.465 e. The van der Waals surface area contributed by atoms with Crippen LogP contribution in [-0.2, 0) is 17.7 Å². The number of hydrogen-bond acceptors (Lipinski definition) is 5. The number of anilines is 2. The number of thiophene rings is 1. The number of aryl methyl sites for hydroxylation is 1. The quantitative estimate of drug-likeness (QED) is 0.363. The summed E-state index contributed by atoms with van der Waals surface area (Å²) in [6.07, 6.45) is 4.43. The summed E-state index contributed by atoms with van der Waals surface area (Å²) in [6.45, 7) is 4.66. The first kappa shape index (κ1) is 21.5. The number of halogens is 1. The van der Waals surface area contributed by atoms with Gasteiger partial charge in [0.05, 0.1) is 29.9 Å². The summed E-state index contributed by atoms with van der Waals surface area (Å²) in [5.74, 6) is -0.358. The van der Waals surface area contributed by atoms with E-state index < -0.39 is 0 Å². The van der Waals surface area contributed by atoms with Crippen molar-refractivity contribution in [3.05, 3.63) is 62.7 Å². The van der Waals surface area contributed by atoms with Crippen molar-refractivity contribution >= 4 is 61.3 Å². The van der Waals surface area contributed by atoms with E-state index in [1.54, 1.807) is 6.20 Å². The van der Waals surface area contributed by atoms with Crippen molar-refractivity contribution in [1.29, 1.82) is 0 Å².